The van der Waals surface area contributed by atoms with Crippen LogP contribution in [-0.4, -0.2) is 30.9 Å². The van der Waals surface area contributed by atoms with E-state index in [1.54, 1.807) is 24.7 Å². The van der Waals surface area contributed by atoms with Gasteiger partial charge in [-0.2, -0.15) is 0 Å². The number of hydrogen-bond acceptors (Lipinski definition) is 7. The Labute approximate surface area is 254 Å². The number of carbonyl (C=O) groups excluding carboxylic acids is 1. The van der Waals surface area contributed by atoms with E-state index < -0.39 is 12.0 Å². The number of halogens is 1. The fourth-order valence-corrected chi connectivity index (χ4v) is 6.43. The van der Waals surface area contributed by atoms with E-state index in [2.05, 4.69) is 29.2 Å². The molecule has 9 heteroatoms. The van der Waals surface area contributed by atoms with Gasteiger partial charge in [0.25, 0.3) is 5.56 Å². The summed E-state index contributed by atoms with van der Waals surface area (Å²) in [5.41, 5.74) is 2.88. The van der Waals surface area contributed by atoms with Crippen molar-refractivity contribution in [3.05, 3.63) is 131 Å². The van der Waals surface area contributed by atoms with Gasteiger partial charge in [0.2, 0.25) is 0 Å². The van der Waals surface area contributed by atoms with E-state index in [-0.39, 0.29) is 12.2 Å². The summed E-state index contributed by atoms with van der Waals surface area (Å²) in [6.07, 6.45) is 3.48. The topological polar surface area (TPSA) is 79.1 Å². The number of hydrogen-bond donors (Lipinski definition) is 0. The summed E-state index contributed by atoms with van der Waals surface area (Å²) in [6, 6.07) is 22.0. The van der Waals surface area contributed by atoms with E-state index in [1.165, 1.54) is 11.3 Å². The lowest BCUT2D eigenvalue weighted by Crippen LogP contribution is -2.40. The van der Waals surface area contributed by atoms with Gasteiger partial charge in [-0.1, -0.05) is 84.7 Å². The van der Waals surface area contributed by atoms with Crippen molar-refractivity contribution in [2.24, 2.45) is 4.99 Å². The van der Waals surface area contributed by atoms with Crippen molar-refractivity contribution in [2.75, 3.05) is 20.3 Å². The number of nitrogens with zero attached hydrogens (tertiary/aromatic N) is 2. The fraction of sp³-hybridized carbons (Fsp3) is 0.156. The molecule has 0 saturated heterocycles. The Bertz CT molecular complexity index is 1810. The fourth-order valence-electron chi connectivity index (χ4n) is 4.65. The van der Waals surface area contributed by atoms with Gasteiger partial charge in [-0.15, -0.1) is 0 Å². The molecule has 2 heterocycles. The first kappa shape index (κ1) is 28.6. The molecular weight excluding hydrogens is 651 g/mol. The van der Waals surface area contributed by atoms with Crippen molar-refractivity contribution in [3.8, 4) is 11.5 Å². The zero-order valence-corrected chi connectivity index (χ0v) is 25.5. The van der Waals surface area contributed by atoms with E-state index in [1.807, 2.05) is 78.9 Å². The highest BCUT2D eigenvalue weighted by Gasteiger charge is 2.35. The molecule has 41 heavy (non-hydrogen) atoms. The minimum Gasteiger partial charge on any atom is -0.493 e. The smallest absolute Gasteiger partial charge is 0.338 e. The van der Waals surface area contributed by atoms with Crippen molar-refractivity contribution in [1.82, 2.24) is 4.57 Å². The van der Waals surface area contributed by atoms with Crippen molar-refractivity contribution in [3.63, 3.8) is 0 Å². The number of thiazole rings is 1. The molecule has 0 saturated carbocycles. The van der Waals surface area contributed by atoms with E-state index in [9.17, 15) is 9.59 Å². The molecule has 0 spiro atoms. The van der Waals surface area contributed by atoms with Crippen LogP contribution < -0.4 is 24.4 Å². The number of fused-ring (bicyclic) bond motifs is 1. The normalized spacial score (nSPS) is 14.7. The van der Waals surface area contributed by atoms with Crippen molar-refractivity contribution < 1.29 is 19.0 Å². The first-order valence-electron chi connectivity index (χ1n) is 12.9. The molecule has 0 amide bonds. The minimum absolute atomic E-state index is 0.198. The Hall–Kier alpha value is -3.96. The Morgan fingerprint density at radius 1 is 1.12 bits per heavy atom. The molecule has 0 radical (unpaired) electrons. The maximum absolute atomic E-state index is 14.1. The number of aromatic nitrogens is 1. The van der Waals surface area contributed by atoms with E-state index in [0.29, 0.717) is 38.7 Å². The van der Waals surface area contributed by atoms with Gasteiger partial charge in [0.05, 0.1) is 39.1 Å². The molecule has 1 aromatic heterocycles. The number of esters is 1. The summed E-state index contributed by atoms with van der Waals surface area (Å²) < 4.78 is 19.8. The number of ether oxygens (including phenoxy) is 3. The first-order valence-corrected chi connectivity index (χ1v) is 14.8. The average molecular weight is 679 g/mol. The van der Waals surface area contributed by atoms with Crippen LogP contribution in [0.3, 0.4) is 0 Å². The van der Waals surface area contributed by atoms with Crippen LogP contribution in [0.15, 0.2) is 101 Å². The Morgan fingerprint density at radius 2 is 1.83 bits per heavy atom. The number of methoxy groups -OCH3 is 1. The summed E-state index contributed by atoms with van der Waals surface area (Å²) >= 11 is 3.46. The Balaban J connectivity index is 1.76. The van der Waals surface area contributed by atoms with Crippen molar-refractivity contribution in [2.45, 2.75) is 13.0 Å². The van der Waals surface area contributed by atoms with Gasteiger partial charge in [0.15, 0.2) is 16.3 Å². The molecule has 1 atom stereocenters. The molecule has 5 rings (SSSR count). The molecule has 1 aliphatic rings. The van der Waals surface area contributed by atoms with Crippen LogP contribution in [0.25, 0.3) is 11.8 Å². The highest BCUT2D eigenvalue weighted by atomic mass is 127. The third kappa shape index (κ3) is 5.77. The van der Waals surface area contributed by atoms with Crippen LogP contribution in [0.5, 0.6) is 11.5 Å². The highest BCUT2D eigenvalue weighted by Crippen LogP contribution is 2.36. The maximum atomic E-state index is 14.1. The number of carbonyl (C=O) groups is 1. The minimum atomic E-state index is -0.715. The lowest BCUT2D eigenvalue weighted by atomic mass is 9.93. The molecule has 208 valence electrons. The van der Waals surface area contributed by atoms with Crippen LogP contribution in [0, 0.1) is 3.57 Å². The molecule has 4 aromatic rings. The third-order valence-electron chi connectivity index (χ3n) is 6.38. The summed E-state index contributed by atoms with van der Waals surface area (Å²) in [5, 5.41) is 0. The van der Waals surface area contributed by atoms with Crippen LogP contribution >= 0.6 is 33.9 Å². The molecule has 0 unspecified atom stereocenters. The third-order valence-corrected chi connectivity index (χ3v) is 8.17. The van der Waals surface area contributed by atoms with Crippen LogP contribution in [0.2, 0.25) is 0 Å². The van der Waals surface area contributed by atoms with E-state index >= 15 is 0 Å². The second-order valence-electron chi connectivity index (χ2n) is 8.98. The molecule has 3 aromatic carbocycles. The predicted octanol–water partition coefficient (Wildman–Crippen LogP) is 5.11. The largest absolute Gasteiger partial charge is 0.493 e. The first-order chi connectivity index (χ1) is 20.0. The summed E-state index contributed by atoms with van der Waals surface area (Å²) in [5.74, 6) is 0.658. The zero-order valence-electron chi connectivity index (χ0n) is 22.5. The van der Waals surface area contributed by atoms with Gasteiger partial charge < -0.3 is 14.2 Å². The molecule has 1 aliphatic heterocycles. The lowest BCUT2D eigenvalue weighted by molar-refractivity contribution is -0.138. The summed E-state index contributed by atoms with van der Waals surface area (Å²) in [7, 11) is 1.58. The second-order valence-corrected chi connectivity index (χ2v) is 11.1. The van der Waals surface area contributed by atoms with E-state index in [0.717, 1.165) is 20.3 Å². The zero-order chi connectivity index (χ0) is 28.9. The number of benzene rings is 3. The monoisotopic (exact) mass is 678 g/mol. The van der Waals surface area contributed by atoms with Gasteiger partial charge >= 0.3 is 5.97 Å². The summed E-state index contributed by atoms with van der Waals surface area (Å²) in [4.78, 5) is 32.9. The standard InChI is InChI=1S/C32H27IN2O5S/c1-4-16-40-29-23(33)17-20(18-24(29)38-3)19-25-30(36)35-28(22-14-10-7-11-15-22)26(31(37)39-5-2)27(34-32(35)41-25)21-12-8-6-9-13-21/h4,6-15,17-19,28H,1,5,16H2,2-3H3/b25-19-/t28-/m0/s1. The summed E-state index contributed by atoms with van der Waals surface area (Å²) in [6.45, 7) is 6.01. The van der Waals surface area contributed by atoms with E-state index in [4.69, 9.17) is 19.2 Å². The van der Waals surface area contributed by atoms with Gasteiger partial charge in [-0.3, -0.25) is 9.36 Å². The Morgan fingerprint density at radius 3 is 2.49 bits per heavy atom. The molecule has 0 N–H and O–H groups in total. The number of rotatable bonds is 9. The average Bonchev–Trinajstić information content (AvgIpc) is 3.30. The molecule has 7 nitrogen and oxygen atoms in total. The predicted molar refractivity (Wildman–Crippen MR) is 169 cm³/mol. The van der Waals surface area contributed by atoms with Gasteiger partial charge in [0.1, 0.15) is 6.61 Å². The van der Waals surface area contributed by atoms with Crippen molar-refractivity contribution >= 4 is 51.7 Å². The molecule has 0 fully saturated rings. The van der Waals surface area contributed by atoms with Crippen LogP contribution in [-0.2, 0) is 9.53 Å². The maximum Gasteiger partial charge on any atom is 0.338 e. The van der Waals surface area contributed by atoms with Crippen LogP contribution in [0.4, 0.5) is 0 Å². The molecule has 0 aliphatic carbocycles. The van der Waals surface area contributed by atoms with Gasteiger partial charge in [-0.25, -0.2) is 9.79 Å². The molecular formula is C32H27IN2O5S. The van der Waals surface area contributed by atoms with Crippen molar-refractivity contribution in [1.29, 1.82) is 0 Å². The Kier molecular flexibility index (Phi) is 8.84. The quantitative estimate of drug-likeness (QED) is 0.140. The SMILES string of the molecule is C=CCOc1c(I)cc(/C=c2\sc3n(c2=O)[C@@H](c2ccccc2)C(C(=O)OCC)=C(c2ccccc2)N=3)cc1OC. The van der Waals surface area contributed by atoms with Crippen LogP contribution in [0.1, 0.15) is 29.7 Å². The molecule has 0 bridgehead atoms. The highest BCUT2D eigenvalue weighted by molar-refractivity contribution is 14.1. The van der Waals surface area contributed by atoms with Gasteiger partial charge in [-0.05, 0) is 58.9 Å². The lowest BCUT2D eigenvalue weighted by Gasteiger charge is -2.25. The van der Waals surface area contributed by atoms with Gasteiger partial charge in [0, 0.05) is 5.56 Å². The second kappa shape index (κ2) is 12.7.